The van der Waals surface area contributed by atoms with Crippen molar-refractivity contribution < 1.29 is 33.9 Å². The molecule has 1 heterocycles. The second kappa shape index (κ2) is 3.66. The second-order valence-corrected chi connectivity index (χ2v) is 2.83. The highest BCUT2D eigenvalue weighted by Gasteiger charge is 2.47. The normalized spacial score (nSPS) is 26.1. The van der Waals surface area contributed by atoms with Gasteiger partial charge in [0, 0.05) is 0 Å². The van der Waals surface area contributed by atoms with Gasteiger partial charge in [0.1, 0.15) is 0 Å². The largest absolute Gasteiger partial charge is 0.512 e. The van der Waals surface area contributed by atoms with E-state index in [1.165, 1.54) is 0 Å². The minimum atomic E-state index is -1.98. The number of carboxylic acids is 2. The number of carboxylic acid groups (broad SMARTS) is 2. The van der Waals surface area contributed by atoms with Crippen LogP contribution in [0.2, 0.25) is 0 Å². The van der Waals surface area contributed by atoms with Crippen molar-refractivity contribution in [3.05, 3.63) is 0 Å². The molecule has 0 aromatic rings. The van der Waals surface area contributed by atoms with Gasteiger partial charge < -0.3 is 19.5 Å². The molecule has 0 aromatic heterocycles. The van der Waals surface area contributed by atoms with Gasteiger partial charge in [-0.2, -0.15) is 0 Å². The van der Waals surface area contributed by atoms with E-state index in [0.717, 1.165) is 0 Å². The average molecular weight is 202 g/mol. The lowest BCUT2D eigenvalue weighted by Crippen LogP contribution is -2.50. The fourth-order valence-corrected chi connectivity index (χ4v) is 1.11. The Labute approximate surface area is 78.9 Å². The van der Waals surface area contributed by atoms with E-state index in [2.05, 4.69) is 9.31 Å². The molecule has 1 aliphatic heterocycles. The van der Waals surface area contributed by atoms with Gasteiger partial charge in [0.05, 0.1) is 12.8 Å². The summed E-state index contributed by atoms with van der Waals surface area (Å²) in [6.45, 7) is 0. The van der Waals surface area contributed by atoms with Gasteiger partial charge in [-0.25, -0.2) is 4.79 Å². The molecule has 1 fully saturated rings. The number of aliphatic carboxylic acids is 2. The molecule has 0 aliphatic carbocycles. The van der Waals surface area contributed by atoms with E-state index in [1.54, 1.807) is 0 Å². The second-order valence-electron chi connectivity index (χ2n) is 2.83. The van der Waals surface area contributed by atoms with Gasteiger partial charge in [-0.05, 0) is 0 Å². The van der Waals surface area contributed by atoms with Crippen LogP contribution in [0.4, 0.5) is 0 Å². The molecule has 1 aliphatic rings. The maximum atomic E-state index is 10.8. The number of carbonyl (C=O) groups is 3. The summed E-state index contributed by atoms with van der Waals surface area (Å²) >= 11 is 0. The van der Waals surface area contributed by atoms with Gasteiger partial charge in [-0.1, -0.05) is 0 Å². The van der Waals surface area contributed by atoms with Crippen LogP contribution in [0.5, 0.6) is 0 Å². The third-order valence-electron chi connectivity index (χ3n) is 1.81. The average Bonchev–Trinajstić information content (AvgIpc) is 2.02. The van der Waals surface area contributed by atoms with Crippen molar-refractivity contribution in [2.24, 2.45) is 0 Å². The molecule has 0 amide bonds. The Kier molecular flexibility index (Phi) is 2.75. The number of rotatable bonds is 3. The topological polar surface area (TPSA) is 110 Å². The molecule has 8 heteroatoms. The van der Waals surface area contributed by atoms with Crippen molar-refractivity contribution in [1.82, 2.24) is 0 Å². The Balaban J connectivity index is 2.85. The Morgan fingerprint density at radius 2 is 2.14 bits per heavy atom. The Bertz CT molecular complexity index is 284. The van der Waals surface area contributed by atoms with Gasteiger partial charge >= 0.3 is 19.6 Å². The van der Waals surface area contributed by atoms with E-state index in [-0.39, 0.29) is 0 Å². The van der Waals surface area contributed by atoms with Crippen LogP contribution in [-0.2, 0) is 23.7 Å². The first-order valence-electron chi connectivity index (χ1n) is 3.71. The first-order valence-corrected chi connectivity index (χ1v) is 3.71. The first-order chi connectivity index (χ1) is 6.46. The van der Waals surface area contributed by atoms with Gasteiger partial charge in [0.25, 0.3) is 5.97 Å². The first kappa shape index (κ1) is 10.5. The number of hydrogen-bond donors (Lipinski definition) is 2. The van der Waals surface area contributed by atoms with Crippen LogP contribution >= 0.6 is 0 Å². The van der Waals surface area contributed by atoms with Gasteiger partial charge in [-0.3, -0.25) is 9.59 Å². The lowest BCUT2D eigenvalue weighted by atomic mass is 9.92. The van der Waals surface area contributed by atoms with Crippen molar-refractivity contribution in [3.63, 3.8) is 0 Å². The van der Waals surface area contributed by atoms with Crippen LogP contribution in [-0.4, -0.2) is 41.4 Å². The molecule has 1 saturated heterocycles. The smallest absolute Gasteiger partial charge is 0.509 e. The third kappa shape index (κ3) is 2.02. The zero-order valence-electron chi connectivity index (χ0n) is 7.06. The van der Waals surface area contributed by atoms with Crippen LogP contribution < -0.4 is 0 Å². The van der Waals surface area contributed by atoms with Gasteiger partial charge in [0.15, 0.2) is 5.60 Å². The highest BCUT2D eigenvalue weighted by atomic mass is 16.6. The maximum Gasteiger partial charge on any atom is 0.509 e. The van der Waals surface area contributed by atoms with E-state index in [0.29, 0.717) is 0 Å². The van der Waals surface area contributed by atoms with Crippen LogP contribution in [0.25, 0.3) is 0 Å². The highest BCUT2D eigenvalue weighted by Crippen LogP contribution is 2.24. The fraction of sp³-hybridized carbons (Fsp3) is 0.500. The third-order valence-corrected chi connectivity index (χ3v) is 1.81. The number of carbonyl (C=O) groups excluding carboxylic acids is 1. The minimum absolute atomic E-state index is 0.529. The predicted octanol–water partition coefficient (Wildman–Crippen LogP) is -1.49. The van der Waals surface area contributed by atoms with Crippen LogP contribution in [0, 0.1) is 0 Å². The summed E-state index contributed by atoms with van der Waals surface area (Å²) in [6.07, 6.45) is -1.36. The van der Waals surface area contributed by atoms with Crippen molar-refractivity contribution in [1.29, 1.82) is 0 Å². The zero-order chi connectivity index (χ0) is 10.8. The molecular formula is C6H7BO7. The van der Waals surface area contributed by atoms with Gasteiger partial charge in [-0.15, -0.1) is 0 Å². The van der Waals surface area contributed by atoms with Crippen LogP contribution in [0.1, 0.15) is 12.8 Å². The molecule has 0 spiro atoms. The highest BCUT2D eigenvalue weighted by molar-refractivity contribution is 6.25. The van der Waals surface area contributed by atoms with E-state index in [9.17, 15) is 14.4 Å². The lowest BCUT2D eigenvalue weighted by molar-refractivity contribution is -0.173. The van der Waals surface area contributed by atoms with Crippen LogP contribution in [0.15, 0.2) is 0 Å². The SMILES string of the molecule is O=C(O)CC1(C(=O)O)CC(=O)OBO1. The molecule has 1 unspecified atom stereocenters. The summed E-state index contributed by atoms with van der Waals surface area (Å²) in [5, 5.41) is 17.2. The monoisotopic (exact) mass is 202 g/mol. The summed E-state index contributed by atoms with van der Waals surface area (Å²) in [7, 11) is -0.529. The molecule has 0 aromatic carbocycles. The Morgan fingerprint density at radius 3 is 2.57 bits per heavy atom. The molecule has 14 heavy (non-hydrogen) atoms. The quantitative estimate of drug-likeness (QED) is 0.536. The summed E-state index contributed by atoms with van der Waals surface area (Å²) < 4.78 is 9.03. The van der Waals surface area contributed by atoms with E-state index >= 15 is 0 Å². The fourth-order valence-electron chi connectivity index (χ4n) is 1.11. The van der Waals surface area contributed by atoms with Crippen molar-refractivity contribution in [2.75, 3.05) is 0 Å². The molecule has 0 bridgehead atoms. The Hall–Kier alpha value is -1.57. The van der Waals surface area contributed by atoms with Crippen molar-refractivity contribution in [3.8, 4) is 0 Å². The van der Waals surface area contributed by atoms with E-state index < -0.39 is 44.0 Å². The maximum absolute atomic E-state index is 10.8. The molecule has 1 rings (SSSR count). The molecule has 0 radical (unpaired) electrons. The molecular weight excluding hydrogens is 195 g/mol. The predicted molar refractivity (Wildman–Crippen MR) is 41.6 cm³/mol. The molecule has 7 nitrogen and oxygen atoms in total. The van der Waals surface area contributed by atoms with Gasteiger partial charge in [0.2, 0.25) is 0 Å². The molecule has 2 N–H and O–H groups in total. The minimum Gasteiger partial charge on any atom is -0.512 e. The molecule has 0 saturated carbocycles. The summed E-state index contributed by atoms with van der Waals surface area (Å²) in [6, 6.07) is 0. The summed E-state index contributed by atoms with van der Waals surface area (Å²) in [5.41, 5.74) is -1.98. The lowest BCUT2D eigenvalue weighted by Gasteiger charge is -2.30. The summed E-state index contributed by atoms with van der Waals surface area (Å²) in [4.78, 5) is 32.0. The zero-order valence-corrected chi connectivity index (χ0v) is 7.06. The number of hydrogen-bond acceptors (Lipinski definition) is 5. The molecule has 76 valence electrons. The van der Waals surface area contributed by atoms with Crippen LogP contribution in [0.3, 0.4) is 0 Å². The van der Waals surface area contributed by atoms with Crippen molar-refractivity contribution in [2.45, 2.75) is 18.4 Å². The van der Waals surface area contributed by atoms with Crippen molar-refractivity contribution >= 4 is 25.6 Å². The standard InChI is InChI=1S/C6H7BO7/c8-3(9)1-6(5(11)12)2-4(10)13-7-14-6/h7H,1-2H2,(H,8,9)(H,11,12). The molecule has 1 atom stereocenters. The van der Waals surface area contributed by atoms with E-state index in [1.807, 2.05) is 0 Å². The summed E-state index contributed by atoms with van der Waals surface area (Å²) in [5.74, 6) is -3.60. The van der Waals surface area contributed by atoms with E-state index in [4.69, 9.17) is 10.2 Å². The Morgan fingerprint density at radius 1 is 1.50 bits per heavy atom.